The molecule has 1 heterocycles. The van der Waals surface area contributed by atoms with E-state index >= 15 is 0 Å². The lowest BCUT2D eigenvalue weighted by Crippen LogP contribution is -2.21. The summed E-state index contributed by atoms with van der Waals surface area (Å²) in [5.74, 6) is -0.107. The van der Waals surface area contributed by atoms with Gasteiger partial charge in [-0.2, -0.15) is 13.2 Å². The molecule has 16 heavy (non-hydrogen) atoms. The van der Waals surface area contributed by atoms with Crippen LogP contribution in [-0.2, 0) is 6.18 Å². The molecule has 2 nitrogen and oxygen atoms in total. The highest BCUT2D eigenvalue weighted by atomic mass is 19.4. The molecule has 0 atom stereocenters. The Bertz CT molecular complexity index is 353. The van der Waals surface area contributed by atoms with Crippen LogP contribution in [0.2, 0.25) is 0 Å². The monoisotopic (exact) mass is 232 g/mol. The molecule has 0 bridgehead atoms. The Hall–Kier alpha value is -1.26. The molecule has 0 fully saturated rings. The standard InChI is InChI=1S/C11H15F3N2/c1-10(2,3)7-16-9-8(11(12,13)14)5-4-6-15-9/h4-6H,7H2,1-3H3,(H,15,16). The van der Waals surface area contributed by atoms with E-state index in [0.29, 0.717) is 6.54 Å². The summed E-state index contributed by atoms with van der Waals surface area (Å²) in [6, 6.07) is 2.31. The third-order valence-electron chi connectivity index (χ3n) is 1.90. The Kier molecular flexibility index (Phi) is 3.45. The van der Waals surface area contributed by atoms with E-state index in [2.05, 4.69) is 10.3 Å². The third kappa shape index (κ3) is 3.72. The first-order chi connectivity index (χ1) is 7.20. The number of anilines is 1. The molecule has 0 radical (unpaired) electrons. The van der Waals surface area contributed by atoms with E-state index in [0.717, 1.165) is 6.07 Å². The van der Waals surface area contributed by atoms with Gasteiger partial charge in [0.1, 0.15) is 5.82 Å². The number of alkyl halides is 3. The summed E-state index contributed by atoms with van der Waals surface area (Å²) < 4.78 is 37.8. The van der Waals surface area contributed by atoms with Gasteiger partial charge in [0.15, 0.2) is 0 Å². The lowest BCUT2D eigenvalue weighted by molar-refractivity contribution is -0.137. The van der Waals surface area contributed by atoms with E-state index < -0.39 is 11.7 Å². The quantitative estimate of drug-likeness (QED) is 0.843. The minimum absolute atomic E-state index is 0.0968. The van der Waals surface area contributed by atoms with Crippen molar-refractivity contribution in [3.8, 4) is 0 Å². The minimum Gasteiger partial charge on any atom is -0.369 e. The van der Waals surface area contributed by atoms with Crippen LogP contribution in [0.15, 0.2) is 18.3 Å². The van der Waals surface area contributed by atoms with Gasteiger partial charge < -0.3 is 5.32 Å². The zero-order chi connectivity index (χ0) is 12.4. The van der Waals surface area contributed by atoms with E-state index in [-0.39, 0.29) is 11.2 Å². The number of rotatable bonds is 2. The second-order valence-electron chi connectivity index (χ2n) is 4.81. The number of nitrogens with zero attached hydrogens (tertiary/aromatic N) is 1. The molecule has 1 aromatic rings. The maximum atomic E-state index is 12.6. The van der Waals surface area contributed by atoms with Crippen LogP contribution in [0.1, 0.15) is 26.3 Å². The lowest BCUT2D eigenvalue weighted by Gasteiger charge is -2.20. The predicted octanol–water partition coefficient (Wildman–Crippen LogP) is 3.56. The highest BCUT2D eigenvalue weighted by Crippen LogP contribution is 2.33. The molecule has 0 aliphatic heterocycles. The predicted molar refractivity (Wildman–Crippen MR) is 57.2 cm³/mol. The average Bonchev–Trinajstić information content (AvgIpc) is 2.12. The van der Waals surface area contributed by atoms with Gasteiger partial charge in [0, 0.05) is 12.7 Å². The van der Waals surface area contributed by atoms with Gasteiger partial charge in [0.2, 0.25) is 0 Å². The molecule has 0 spiro atoms. The number of pyridine rings is 1. The molecule has 0 aliphatic carbocycles. The van der Waals surface area contributed by atoms with Crippen molar-refractivity contribution < 1.29 is 13.2 Å². The summed E-state index contributed by atoms with van der Waals surface area (Å²) in [4.78, 5) is 3.72. The summed E-state index contributed by atoms with van der Waals surface area (Å²) in [7, 11) is 0. The molecule has 1 N–H and O–H groups in total. The fourth-order valence-electron chi connectivity index (χ4n) is 1.12. The van der Waals surface area contributed by atoms with Crippen molar-refractivity contribution in [1.29, 1.82) is 0 Å². The number of halogens is 3. The molecule has 0 amide bonds. The zero-order valence-corrected chi connectivity index (χ0v) is 9.52. The Balaban J connectivity index is 2.88. The molecule has 0 aromatic carbocycles. The number of hydrogen-bond donors (Lipinski definition) is 1. The summed E-state index contributed by atoms with van der Waals surface area (Å²) >= 11 is 0. The van der Waals surface area contributed by atoms with Gasteiger partial charge in [0.25, 0.3) is 0 Å². The SMILES string of the molecule is CC(C)(C)CNc1ncccc1C(F)(F)F. The second kappa shape index (κ2) is 4.31. The number of aromatic nitrogens is 1. The molecular weight excluding hydrogens is 217 g/mol. The van der Waals surface area contributed by atoms with Gasteiger partial charge in [-0.05, 0) is 17.5 Å². The highest BCUT2D eigenvalue weighted by Gasteiger charge is 2.34. The maximum absolute atomic E-state index is 12.6. The van der Waals surface area contributed by atoms with Crippen molar-refractivity contribution in [1.82, 2.24) is 4.98 Å². The van der Waals surface area contributed by atoms with Crippen molar-refractivity contribution in [3.05, 3.63) is 23.9 Å². The van der Waals surface area contributed by atoms with Gasteiger partial charge >= 0.3 is 6.18 Å². The summed E-state index contributed by atoms with van der Waals surface area (Å²) in [5, 5.41) is 2.73. The van der Waals surface area contributed by atoms with Crippen LogP contribution in [0.4, 0.5) is 19.0 Å². The molecule has 1 rings (SSSR count). The van der Waals surface area contributed by atoms with Crippen LogP contribution in [0.25, 0.3) is 0 Å². The fraction of sp³-hybridized carbons (Fsp3) is 0.545. The van der Waals surface area contributed by atoms with E-state index in [1.807, 2.05) is 20.8 Å². The van der Waals surface area contributed by atoms with Crippen molar-refractivity contribution in [3.63, 3.8) is 0 Å². The van der Waals surface area contributed by atoms with Gasteiger partial charge in [-0.1, -0.05) is 20.8 Å². The van der Waals surface area contributed by atoms with E-state index in [1.54, 1.807) is 0 Å². The molecule has 1 aromatic heterocycles. The van der Waals surface area contributed by atoms with Crippen molar-refractivity contribution in [2.75, 3.05) is 11.9 Å². The van der Waals surface area contributed by atoms with Crippen molar-refractivity contribution >= 4 is 5.82 Å². The van der Waals surface area contributed by atoms with Gasteiger partial charge in [-0.15, -0.1) is 0 Å². The minimum atomic E-state index is -4.37. The number of nitrogens with one attached hydrogen (secondary N) is 1. The molecule has 0 saturated heterocycles. The summed E-state index contributed by atoms with van der Waals surface area (Å²) in [6.45, 7) is 6.26. The summed E-state index contributed by atoms with van der Waals surface area (Å²) in [6.07, 6.45) is -3.02. The van der Waals surface area contributed by atoms with Crippen molar-refractivity contribution in [2.24, 2.45) is 5.41 Å². The van der Waals surface area contributed by atoms with E-state index in [1.165, 1.54) is 12.3 Å². The zero-order valence-electron chi connectivity index (χ0n) is 9.52. The lowest BCUT2D eigenvalue weighted by atomic mass is 9.97. The van der Waals surface area contributed by atoms with Crippen LogP contribution in [0.5, 0.6) is 0 Å². The van der Waals surface area contributed by atoms with Crippen LogP contribution in [-0.4, -0.2) is 11.5 Å². The first-order valence-corrected chi connectivity index (χ1v) is 4.96. The number of hydrogen-bond acceptors (Lipinski definition) is 2. The van der Waals surface area contributed by atoms with Crippen LogP contribution in [0.3, 0.4) is 0 Å². The Morgan fingerprint density at radius 1 is 1.25 bits per heavy atom. The Morgan fingerprint density at radius 2 is 1.88 bits per heavy atom. The highest BCUT2D eigenvalue weighted by molar-refractivity contribution is 5.45. The van der Waals surface area contributed by atoms with E-state index in [9.17, 15) is 13.2 Å². The first kappa shape index (κ1) is 12.8. The second-order valence-corrected chi connectivity index (χ2v) is 4.81. The average molecular weight is 232 g/mol. The van der Waals surface area contributed by atoms with E-state index in [4.69, 9.17) is 0 Å². The van der Waals surface area contributed by atoms with Gasteiger partial charge in [-0.25, -0.2) is 4.98 Å². The largest absolute Gasteiger partial charge is 0.419 e. The molecule has 0 unspecified atom stereocenters. The summed E-state index contributed by atoms with van der Waals surface area (Å²) in [5.41, 5.74) is -0.820. The maximum Gasteiger partial charge on any atom is 0.419 e. The van der Waals surface area contributed by atoms with Gasteiger partial charge in [0.05, 0.1) is 5.56 Å². The molecule has 0 saturated carbocycles. The van der Waals surface area contributed by atoms with Crippen LogP contribution < -0.4 is 5.32 Å². The Labute approximate surface area is 92.9 Å². The Morgan fingerprint density at radius 3 is 2.38 bits per heavy atom. The van der Waals surface area contributed by atoms with Crippen LogP contribution >= 0.6 is 0 Å². The molecular formula is C11H15F3N2. The van der Waals surface area contributed by atoms with Crippen molar-refractivity contribution in [2.45, 2.75) is 26.9 Å². The van der Waals surface area contributed by atoms with Crippen LogP contribution in [0, 0.1) is 5.41 Å². The van der Waals surface area contributed by atoms with Gasteiger partial charge in [-0.3, -0.25) is 0 Å². The molecule has 0 aliphatic rings. The fourth-order valence-corrected chi connectivity index (χ4v) is 1.12. The molecule has 5 heteroatoms. The normalized spacial score (nSPS) is 12.6. The third-order valence-corrected chi connectivity index (χ3v) is 1.90. The first-order valence-electron chi connectivity index (χ1n) is 4.96. The molecule has 90 valence electrons. The smallest absolute Gasteiger partial charge is 0.369 e. The topological polar surface area (TPSA) is 24.9 Å².